The van der Waals surface area contributed by atoms with Crippen molar-refractivity contribution in [3.63, 3.8) is 0 Å². The molecule has 0 aliphatic rings. The average Bonchev–Trinajstić information content (AvgIpc) is 3.32. The summed E-state index contributed by atoms with van der Waals surface area (Å²) in [5.41, 5.74) is 9.95. The van der Waals surface area contributed by atoms with Crippen LogP contribution >= 0.6 is 0 Å². The van der Waals surface area contributed by atoms with Crippen LogP contribution in [0.2, 0.25) is 0 Å². The van der Waals surface area contributed by atoms with Gasteiger partial charge in [-0.25, -0.2) is 9.97 Å². The number of rotatable bonds is 7. The molecule has 0 radical (unpaired) electrons. The van der Waals surface area contributed by atoms with Crippen molar-refractivity contribution in [1.82, 2.24) is 15.0 Å². The molecule has 11 aromatic rings. The zero-order valence-corrected chi connectivity index (χ0v) is 33.7. The topological polar surface area (TPSA) is 38.7 Å². The number of aromatic nitrogens is 3. The zero-order valence-electron chi connectivity index (χ0n) is 33.7. The molecule has 0 aliphatic heterocycles. The fourth-order valence-corrected chi connectivity index (χ4v) is 9.05. The molecular formula is C58H39N3. The van der Waals surface area contributed by atoms with E-state index >= 15 is 0 Å². The van der Waals surface area contributed by atoms with Crippen molar-refractivity contribution in [1.29, 1.82) is 0 Å². The molecule has 61 heavy (non-hydrogen) atoms. The number of fused-ring (bicyclic) bond motifs is 8. The highest BCUT2D eigenvalue weighted by Crippen LogP contribution is 2.45. The Labute approximate surface area is 354 Å². The molecule has 0 spiro atoms. The van der Waals surface area contributed by atoms with E-state index in [2.05, 4.69) is 176 Å². The summed E-state index contributed by atoms with van der Waals surface area (Å²) in [4.78, 5) is 15.1. The van der Waals surface area contributed by atoms with Gasteiger partial charge in [0.1, 0.15) is 0 Å². The lowest BCUT2D eigenvalue weighted by molar-refractivity contribution is 1.25. The molecule has 0 N–H and O–H groups in total. The third-order valence-electron chi connectivity index (χ3n) is 12.0. The van der Waals surface area contributed by atoms with Gasteiger partial charge in [-0.1, -0.05) is 140 Å². The van der Waals surface area contributed by atoms with Gasteiger partial charge in [-0.15, -0.1) is 0 Å². The van der Waals surface area contributed by atoms with Gasteiger partial charge in [0.2, 0.25) is 0 Å². The minimum Gasteiger partial charge on any atom is -0.255 e. The summed E-state index contributed by atoms with van der Waals surface area (Å²) in [6.45, 7) is 5.92. The number of pyridine rings is 3. The molecular weight excluding hydrogens is 739 g/mol. The maximum atomic E-state index is 5.29. The first kappa shape index (κ1) is 36.1. The summed E-state index contributed by atoms with van der Waals surface area (Å²) < 4.78 is 0. The van der Waals surface area contributed by atoms with E-state index in [-0.39, 0.29) is 0 Å². The Balaban J connectivity index is 1.20. The number of benzene rings is 8. The Morgan fingerprint density at radius 2 is 1.08 bits per heavy atom. The Bertz CT molecular complexity index is 3620. The fourth-order valence-electron chi connectivity index (χ4n) is 9.05. The van der Waals surface area contributed by atoms with Crippen molar-refractivity contribution in [3.8, 4) is 45.0 Å². The SMILES string of the molecule is C=C/C=C\C=C(/C)c1cccc(-c2cc(-c3cccc(-c4ccccn4)n3)cc3c2ccc2c(-c4cccc5c4ccc4cc6ccccc6cc45)c4ccccc4cc23)n1. The summed E-state index contributed by atoms with van der Waals surface area (Å²) in [5, 5.41) is 14.6. The van der Waals surface area contributed by atoms with Crippen LogP contribution in [0.15, 0.2) is 213 Å². The summed E-state index contributed by atoms with van der Waals surface area (Å²) in [5.74, 6) is 0. The van der Waals surface area contributed by atoms with Gasteiger partial charge in [0.25, 0.3) is 0 Å². The lowest BCUT2D eigenvalue weighted by atomic mass is 9.85. The molecule has 3 heteroatoms. The van der Waals surface area contributed by atoms with Crippen molar-refractivity contribution in [2.45, 2.75) is 6.92 Å². The van der Waals surface area contributed by atoms with Crippen LogP contribution in [0.3, 0.4) is 0 Å². The number of nitrogens with zero attached hydrogens (tertiary/aromatic N) is 3. The Morgan fingerprint density at radius 3 is 1.95 bits per heavy atom. The van der Waals surface area contributed by atoms with Crippen LogP contribution in [-0.2, 0) is 0 Å². The van der Waals surface area contributed by atoms with Crippen LogP contribution in [0, 0.1) is 0 Å². The second-order valence-corrected chi connectivity index (χ2v) is 15.6. The highest BCUT2D eigenvalue weighted by atomic mass is 14.8. The number of allylic oxidation sites excluding steroid dienone is 5. The molecule has 3 heterocycles. The van der Waals surface area contributed by atoms with Gasteiger partial charge in [-0.3, -0.25) is 4.98 Å². The van der Waals surface area contributed by atoms with Crippen LogP contribution in [0.4, 0.5) is 0 Å². The molecule has 0 aliphatic carbocycles. The van der Waals surface area contributed by atoms with E-state index in [0.717, 1.165) is 55.9 Å². The van der Waals surface area contributed by atoms with Crippen LogP contribution in [0.5, 0.6) is 0 Å². The number of hydrogen-bond donors (Lipinski definition) is 0. The summed E-state index contributed by atoms with van der Waals surface area (Å²) in [6, 6.07) is 63.5. The van der Waals surface area contributed by atoms with E-state index in [9.17, 15) is 0 Å². The smallest absolute Gasteiger partial charge is 0.0893 e. The molecule has 0 saturated heterocycles. The highest BCUT2D eigenvalue weighted by molar-refractivity contribution is 6.25. The third-order valence-corrected chi connectivity index (χ3v) is 12.0. The molecule has 0 atom stereocenters. The maximum absolute atomic E-state index is 5.29. The van der Waals surface area contributed by atoms with Gasteiger partial charge in [0.15, 0.2) is 0 Å². The molecule has 8 aromatic carbocycles. The van der Waals surface area contributed by atoms with Gasteiger partial charge in [-0.05, 0) is 155 Å². The minimum absolute atomic E-state index is 0.830. The molecule has 0 saturated carbocycles. The van der Waals surface area contributed by atoms with Crippen molar-refractivity contribution in [2.75, 3.05) is 0 Å². The van der Waals surface area contributed by atoms with E-state index in [1.54, 1.807) is 6.08 Å². The van der Waals surface area contributed by atoms with Crippen LogP contribution < -0.4 is 0 Å². The lowest BCUT2D eigenvalue weighted by Gasteiger charge is -2.18. The molecule has 0 amide bonds. The fraction of sp³-hybridized carbons (Fsp3) is 0.0172. The maximum Gasteiger partial charge on any atom is 0.0893 e. The van der Waals surface area contributed by atoms with E-state index in [4.69, 9.17) is 9.97 Å². The highest BCUT2D eigenvalue weighted by Gasteiger charge is 2.19. The molecule has 0 bridgehead atoms. The van der Waals surface area contributed by atoms with E-state index in [1.165, 1.54) is 65.0 Å². The van der Waals surface area contributed by atoms with Gasteiger partial charge < -0.3 is 0 Å². The Hall–Kier alpha value is -8.01. The van der Waals surface area contributed by atoms with Crippen molar-refractivity contribution >= 4 is 70.2 Å². The molecule has 3 nitrogen and oxygen atoms in total. The first-order valence-electron chi connectivity index (χ1n) is 20.7. The van der Waals surface area contributed by atoms with E-state index < -0.39 is 0 Å². The van der Waals surface area contributed by atoms with E-state index in [1.807, 2.05) is 42.6 Å². The lowest BCUT2D eigenvalue weighted by Crippen LogP contribution is -1.95. The van der Waals surface area contributed by atoms with Gasteiger partial charge >= 0.3 is 0 Å². The van der Waals surface area contributed by atoms with Crippen molar-refractivity contribution < 1.29 is 0 Å². The normalized spacial score (nSPS) is 12.1. The third kappa shape index (κ3) is 6.35. The number of hydrogen-bond acceptors (Lipinski definition) is 3. The summed E-state index contributed by atoms with van der Waals surface area (Å²) in [6.07, 6.45) is 9.61. The van der Waals surface area contributed by atoms with Crippen LogP contribution in [0.1, 0.15) is 12.6 Å². The van der Waals surface area contributed by atoms with E-state index in [0.29, 0.717) is 0 Å². The van der Waals surface area contributed by atoms with Gasteiger partial charge in [-0.2, -0.15) is 0 Å². The Kier molecular flexibility index (Phi) is 8.87. The summed E-state index contributed by atoms with van der Waals surface area (Å²) >= 11 is 0. The minimum atomic E-state index is 0.830. The summed E-state index contributed by atoms with van der Waals surface area (Å²) in [7, 11) is 0. The predicted molar refractivity (Wildman–Crippen MR) is 260 cm³/mol. The quantitative estimate of drug-likeness (QED) is 0.0919. The molecule has 11 rings (SSSR count). The molecule has 3 aromatic heterocycles. The van der Waals surface area contributed by atoms with Crippen LogP contribution in [-0.4, -0.2) is 15.0 Å². The van der Waals surface area contributed by atoms with Crippen molar-refractivity contribution in [3.05, 3.63) is 219 Å². The van der Waals surface area contributed by atoms with Gasteiger partial charge in [0, 0.05) is 17.3 Å². The largest absolute Gasteiger partial charge is 0.255 e. The van der Waals surface area contributed by atoms with Crippen LogP contribution in [0.25, 0.3) is 115 Å². The molecule has 0 fully saturated rings. The first-order chi connectivity index (χ1) is 30.1. The monoisotopic (exact) mass is 777 g/mol. The zero-order chi connectivity index (χ0) is 40.9. The second-order valence-electron chi connectivity index (χ2n) is 15.6. The predicted octanol–water partition coefficient (Wildman–Crippen LogP) is 15.6. The standard InChI is InChI=1S/C58H39N3/c1-3-4-5-15-37(2)53-23-13-25-55(60-53)52-36-42(54-24-14-26-57(61-54)56-22-10-11-31-59-56)35-50-46(52)29-30-48-51(50)34-40-18-8-9-19-43(40)58(48)47-21-12-20-44-45(47)28-27-41-32-38-16-6-7-17-39(38)33-49(41)44/h3-36H,1H2,2H3/b5-4-,37-15+. The van der Waals surface area contributed by atoms with Crippen molar-refractivity contribution in [2.24, 2.45) is 0 Å². The average molecular weight is 778 g/mol. The molecule has 286 valence electrons. The first-order valence-corrected chi connectivity index (χ1v) is 20.7. The molecule has 0 unspecified atom stereocenters. The second kappa shape index (κ2) is 15.0. The van der Waals surface area contributed by atoms with Gasteiger partial charge in [0.05, 0.1) is 28.5 Å². The Morgan fingerprint density at radius 1 is 0.426 bits per heavy atom.